The van der Waals surface area contributed by atoms with E-state index in [1.165, 1.54) is 0 Å². The lowest BCUT2D eigenvalue weighted by atomic mass is 10.2. The van der Waals surface area contributed by atoms with Crippen molar-refractivity contribution in [2.24, 2.45) is 0 Å². The average Bonchev–Trinajstić information content (AvgIpc) is 2.06. The zero-order chi connectivity index (χ0) is 8.81. The van der Waals surface area contributed by atoms with Crippen LogP contribution in [0.5, 0.6) is 0 Å². The molecular formula is C11H13F. The van der Waals surface area contributed by atoms with E-state index in [0.717, 1.165) is 12.0 Å². The summed E-state index contributed by atoms with van der Waals surface area (Å²) in [5, 5.41) is 0. The van der Waals surface area contributed by atoms with Crippen LogP contribution in [0.1, 0.15) is 25.3 Å². The topological polar surface area (TPSA) is 0 Å². The fourth-order valence-corrected chi connectivity index (χ4v) is 1.04. The second-order valence-electron chi connectivity index (χ2n) is 2.75. The second kappa shape index (κ2) is 4.70. The van der Waals surface area contributed by atoms with Crippen LogP contribution in [0.25, 0.3) is 6.08 Å². The van der Waals surface area contributed by atoms with E-state index in [2.05, 4.69) is 0 Å². The molecule has 0 amide bonds. The van der Waals surface area contributed by atoms with Crippen LogP contribution in [-0.4, -0.2) is 0 Å². The Morgan fingerprint density at radius 1 is 1.33 bits per heavy atom. The highest BCUT2D eigenvalue weighted by Crippen LogP contribution is 2.11. The van der Waals surface area contributed by atoms with Crippen molar-refractivity contribution in [1.29, 1.82) is 0 Å². The monoisotopic (exact) mass is 164 g/mol. The zero-order valence-electron chi connectivity index (χ0n) is 7.26. The first kappa shape index (κ1) is 8.98. The van der Waals surface area contributed by atoms with Crippen molar-refractivity contribution in [2.75, 3.05) is 0 Å². The molecule has 0 aromatic heterocycles. The van der Waals surface area contributed by atoms with Crippen LogP contribution in [0.15, 0.2) is 36.2 Å². The number of benzene rings is 1. The standard InChI is InChI=1S/C11H13F/c1-2-6-11(12)9-10-7-4-3-5-8-10/h3-5,7-9H,2,6H2,1H3/b11-9+. The van der Waals surface area contributed by atoms with Gasteiger partial charge in [0, 0.05) is 0 Å². The maximum atomic E-state index is 13.0. The summed E-state index contributed by atoms with van der Waals surface area (Å²) < 4.78 is 13.0. The zero-order valence-corrected chi connectivity index (χ0v) is 7.26. The van der Waals surface area contributed by atoms with Crippen LogP contribution < -0.4 is 0 Å². The lowest BCUT2D eigenvalue weighted by Gasteiger charge is -1.94. The molecule has 64 valence electrons. The van der Waals surface area contributed by atoms with Crippen LogP contribution in [0.4, 0.5) is 4.39 Å². The third-order valence-corrected chi connectivity index (χ3v) is 1.61. The van der Waals surface area contributed by atoms with Crippen molar-refractivity contribution in [3.8, 4) is 0 Å². The van der Waals surface area contributed by atoms with Gasteiger partial charge in [0.1, 0.15) is 5.83 Å². The van der Waals surface area contributed by atoms with Gasteiger partial charge < -0.3 is 0 Å². The molecule has 1 heteroatoms. The first-order chi connectivity index (χ1) is 5.83. The van der Waals surface area contributed by atoms with Gasteiger partial charge in [-0.3, -0.25) is 0 Å². The van der Waals surface area contributed by atoms with E-state index in [1.54, 1.807) is 6.08 Å². The van der Waals surface area contributed by atoms with Gasteiger partial charge in [0.05, 0.1) is 0 Å². The molecule has 1 rings (SSSR count). The fourth-order valence-electron chi connectivity index (χ4n) is 1.04. The highest BCUT2D eigenvalue weighted by molar-refractivity contribution is 5.50. The molecule has 0 atom stereocenters. The summed E-state index contributed by atoms with van der Waals surface area (Å²) >= 11 is 0. The molecule has 0 aliphatic heterocycles. The van der Waals surface area contributed by atoms with Crippen LogP contribution >= 0.6 is 0 Å². The molecule has 1 aromatic carbocycles. The molecule has 0 aliphatic carbocycles. The Labute approximate surface area is 72.7 Å². The van der Waals surface area contributed by atoms with E-state index in [-0.39, 0.29) is 5.83 Å². The first-order valence-corrected chi connectivity index (χ1v) is 4.24. The number of rotatable bonds is 3. The van der Waals surface area contributed by atoms with E-state index < -0.39 is 0 Å². The summed E-state index contributed by atoms with van der Waals surface area (Å²) in [5.41, 5.74) is 0.934. The Morgan fingerprint density at radius 3 is 2.58 bits per heavy atom. The number of allylic oxidation sites excluding steroid dienone is 1. The van der Waals surface area contributed by atoms with Crippen LogP contribution in [0.3, 0.4) is 0 Å². The third-order valence-electron chi connectivity index (χ3n) is 1.61. The molecule has 0 aliphatic rings. The largest absolute Gasteiger partial charge is 0.212 e. The molecule has 0 heterocycles. The molecule has 0 radical (unpaired) electrons. The van der Waals surface area contributed by atoms with Crippen LogP contribution in [-0.2, 0) is 0 Å². The van der Waals surface area contributed by atoms with Gasteiger partial charge in [0.2, 0.25) is 0 Å². The van der Waals surface area contributed by atoms with Gasteiger partial charge in [-0.2, -0.15) is 0 Å². The summed E-state index contributed by atoms with van der Waals surface area (Å²) in [6.45, 7) is 1.97. The number of halogens is 1. The highest BCUT2D eigenvalue weighted by atomic mass is 19.1. The van der Waals surface area contributed by atoms with Gasteiger partial charge in [-0.15, -0.1) is 0 Å². The average molecular weight is 164 g/mol. The smallest absolute Gasteiger partial charge is 0.100 e. The molecule has 0 nitrogen and oxygen atoms in total. The maximum absolute atomic E-state index is 13.0. The van der Waals surface area contributed by atoms with E-state index in [1.807, 2.05) is 37.3 Å². The Hall–Kier alpha value is -1.11. The molecule has 0 saturated carbocycles. The summed E-state index contributed by atoms with van der Waals surface area (Å²) in [6, 6.07) is 9.54. The number of hydrogen-bond acceptors (Lipinski definition) is 0. The molecule has 12 heavy (non-hydrogen) atoms. The lowest BCUT2D eigenvalue weighted by Crippen LogP contribution is -1.74. The minimum absolute atomic E-state index is 0.0382. The molecule has 0 N–H and O–H groups in total. The van der Waals surface area contributed by atoms with Gasteiger partial charge >= 0.3 is 0 Å². The van der Waals surface area contributed by atoms with Gasteiger partial charge in [-0.25, -0.2) is 4.39 Å². The van der Waals surface area contributed by atoms with Crippen molar-refractivity contribution >= 4 is 6.08 Å². The normalized spacial score (nSPS) is 11.7. The Balaban J connectivity index is 2.67. The molecule has 0 spiro atoms. The lowest BCUT2D eigenvalue weighted by molar-refractivity contribution is 0.591. The molecule has 1 aromatic rings. The third kappa shape index (κ3) is 2.87. The molecule has 0 saturated heterocycles. The molecule has 0 bridgehead atoms. The van der Waals surface area contributed by atoms with Gasteiger partial charge in [-0.1, -0.05) is 37.3 Å². The Bertz CT molecular complexity index is 249. The van der Waals surface area contributed by atoms with Crippen molar-refractivity contribution in [3.05, 3.63) is 41.7 Å². The van der Waals surface area contributed by atoms with Gasteiger partial charge in [0.15, 0.2) is 0 Å². The van der Waals surface area contributed by atoms with Crippen molar-refractivity contribution < 1.29 is 4.39 Å². The van der Waals surface area contributed by atoms with E-state index >= 15 is 0 Å². The Kier molecular flexibility index (Phi) is 3.52. The number of hydrogen-bond donors (Lipinski definition) is 0. The van der Waals surface area contributed by atoms with E-state index in [0.29, 0.717) is 6.42 Å². The predicted octanol–water partition coefficient (Wildman–Crippen LogP) is 3.80. The second-order valence-corrected chi connectivity index (χ2v) is 2.75. The quantitative estimate of drug-likeness (QED) is 0.637. The van der Waals surface area contributed by atoms with Crippen LogP contribution in [0.2, 0.25) is 0 Å². The maximum Gasteiger partial charge on any atom is 0.100 e. The first-order valence-electron chi connectivity index (χ1n) is 4.24. The molecule has 0 unspecified atom stereocenters. The van der Waals surface area contributed by atoms with Crippen LogP contribution in [0, 0.1) is 0 Å². The summed E-state index contributed by atoms with van der Waals surface area (Å²) in [4.78, 5) is 0. The summed E-state index contributed by atoms with van der Waals surface area (Å²) in [7, 11) is 0. The van der Waals surface area contributed by atoms with Gasteiger partial charge in [0.25, 0.3) is 0 Å². The molecular weight excluding hydrogens is 151 g/mol. The summed E-state index contributed by atoms with van der Waals surface area (Å²) in [5.74, 6) is -0.0382. The summed E-state index contributed by atoms with van der Waals surface area (Å²) in [6.07, 6.45) is 2.98. The van der Waals surface area contributed by atoms with Crippen molar-refractivity contribution in [3.63, 3.8) is 0 Å². The molecule has 0 fully saturated rings. The van der Waals surface area contributed by atoms with Crippen molar-refractivity contribution in [2.45, 2.75) is 19.8 Å². The minimum Gasteiger partial charge on any atom is -0.212 e. The fraction of sp³-hybridized carbons (Fsp3) is 0.273. The van der Waals surface area contributed by atoms with Crippen molar-refractivity contribution in [1.82, 2.24) is 0 Å². The van der Waals surface area contributed by atoms with E-state index in [4.69, 9.17) is 0 Å². The minimum atomic E-state index is -0.0382. The Morgan fingerprint density at radius 2 is 2.00 bits per heavy atom. The SMILES string of the molecule is CCC/C(F)=C\c1ccccc1. The van der Waals surface area contributed by atoms with Gasteiger partial charge in [-0.05, 0) is 24.5 Å². The highest BCUT2D eigenvalue weighted by Gasteiger charge is 1.92. The predicted molar refractivity (Wildman–Crippen MR) is 50.4 cm³/mol. The van der Waals surface area contributed by atoms with E-state index in [9.17, 15) is 4.39 Å².